The SMILES string of the molecule is CCC(CC)(NC(=O)c1nn(Cc2cccc(F)c2)c2ccccc12)C(=O)NCCOCCOCCNc1ccc([N+](=O)[O-])c2nonc12. The van der Waals surface area contributed by atoms with Gasteiger partial charge in [-0.2, -0.15) is 5.10 Å². The van der Waals surface area contributed by atoms with Crippen molar-refractivity contribution < 1.29 is 33.0 Å². The molecule has 3 aromatic carbocycles. The van der Waals surface area contributed by atoms with E-state index in [9.17, 15) is 24.1 Å². The highest BCUT2D eigenvalue weighted by Crippen LogP contribution is 2.28. The van der Waals surface area contributed by atoms with Crippen LogP contribution in [-0.2, 0) is 20.8 Å². The number of hydrogen-bond donors (Lipinski definition) is 3. The molecule has 258 valence electrons. The number of halogens is 1. The summed E-state index contributed by atoms with van der Waals surface area (Å²) in [6.07, 6.45) is 0.703. The van der Waals surface area contributed by atoms with Crippen molar-refractivity contribution in [1.82, 2.24) is 30.7 Å². The molecule has 0 saturated heterocycles. The highest BCUT2D eigenvalue weighted by Gasteiger charge is 2.37. The van der Waals surface area contributed by atoms with Crippen LogP contribution in [-0.4, -0.2) is 81.9 Å². The lowest BCUT2D eigenvalue weighted by atomic mass is 9.91. The van der Waals surface area contributed by atoms with E-state index >= 15 is 0 Å². The number of nitrogens with zero attached hydrogens (tertiary/aromatic N) is 5. The van der Waals surface area contributed by atoms with Crippen LogP contribution >= 0.6 is 0 Å². The van der Waals surface area contributed by atoms with Crippen LogP contribution in [0.25, 0.3) is 21.9 Å². The summed E-state index contributed by atoms with van der Waals surface area (Å²) in [5, 5.41) is 32.5. The maximum Gasteiger partial charge on any atom is 0.300 e. The van der Waals surface area contributed by atoms with Crippen LogP contribution in [0.2, 0.25) is 0 Å². The summed E-state index contributed by atoms with van der Waals surface area (Å²) < 4.78 is 31.3. The second-order valence-corrected chi connectivity index (χ2v) is 11.2. The molecule has 0 bridgehead atoms. The summed E-state index contributed by atoms with van der Waals surface area (Å²) in [5.41, 5.74) is 1.10. The van der Waals surface area contributed by atoms with Gasteiger partial charge in [0.15, 0.2) is 11.2 Å². The maximum atomic E-state index is 13.8. The molecule has 49 heavy (non-hydrogen) atoms. The van der Waals surface area contributed by atoms with Gasteiger partial charge in [0, 0.05) is 24.5 Å². The first-order chi connectivity index (χ1) is 23.8. The van der Waals surface area contributed by atoms with Gasteiger partial charge in [-0.05, 0) is 53.0 Å². The first kappa shape index (κ1) is 34.8. The molecule has 0 aliphatic carbocycles. The van der Waals surface area contributed by atoms with Crippen molar-refractivity contribution >= 4 is 45.1 Å². The molecule has 0 aliphatic rings. The Bertz CT molecular complexity index is 1920. The Morgan fingerprint density at radius 1 is 0.959 bits per heavy atom. The lowest BCUT2D eigenvalue weighted by molar-refractivity contribution is -0.383. The quantitative estimate of drug-likeness (QED) is 0.0685. The average molecular weight is 677 g/mol. The van der Waals surface area contributed by atoms with Crippen LogP contribution < -0.4 is 16.0 Å². The molecule has 5 rings (SSSR count). The molecule has 2 amide bonds. The van der Waals surface area contributed by atoms with E-state index in [2.05, 4.69) is 36.0 Å². The number of nitrogens with one attached hydrogen (secondary N) is 3. The van der Waals surface area contributed by atoms with Gasteiger partial charge in [0.05, 0.1) is 49.1 Å². The number of carbonyl (C=O) groups is 2. The van der Waals surface area contributed by atoms with Crippen molar-refractivity contribution in [2.24, 2.45) is 0 Å². The zero-order chi connectivity index (χ0) is 34.8. The molecule has 15 nitrogen and oxygen atoms in total. The fourth-order valence-corrected chi connectivity index (χ4v) is 5.43. The van der Waals surface area contributed by atoms with Crippen molar-refractivity contribution in [3.05, 3.63) is 87.9 Å². The van der Waals surface area contributed by atoms with Crippen LogP contribution in [0.4, 0.5) is 15.8 Å². The van der Waals surface area contributed by atoms with Crippen molar-refractivity contribution in [3.8, 4) is 0 Å². The first-order valence-corrected chi connectivity index (χ1v) is 15.9. The molecular weight excluding hydrogens is 639 g/mol. The molecule has 0 saturated carbocycles. The van der Waals surface area contributed by atoms with E-state index in [1.807, 2.05) is 32.0 Å². The fraction of sp³-hybridized carbons (Fsp3) is 0.364. The van der Waals surface area contributed by atoms with Gasteiger partial charge < -0.3 is 25.4 Å². The third-order valence-corrected chi connectivity index (χ3v) is 8.15. The molecular formula is C33H37FN8O7. The topological polar surface area (TPSA) is 189 Å². The van der Waals surface area contributed by atoms with Gasteiger partial charge in [-0.1, -0.05) is 44.2 Å². The Morgan fingerprint density at radius 3 is 2.43 bits per heavy atom. The van der Waals surface area contributed by atoms with Crippen molar-refractivity contribution in [1.29, 1.82) is 0 Å². The van der Waals surface area contributed by atoms with E-state index in [0.29, 0.717) is 61.4 Å². The molecule has 0 atom stereocenters. The minimum absolute atomic E-state index is 0.0634. The number of rotatable bonds is 18. The van der Waals surface area contributed by atoms with E-state index in [1.54, 1.807) is 22.9 Å². The monoisotopic (exact) mass is 676 g/mol. The number of anilines is 1. The van der Waals surface area contributed by atoms with Crippen molar-refractivity contribution in [2.45, 2.75) is 38.8 Å². The molecule has 0 fully saturated rings. The van der Waals surface area contributed by atoms with Crippen LogP contribution in [0, 0.1) is 15.9 Å². The van der Waals surface area contributed by atoms with Crippen molar-refractivity contribution in [2.75, 3.05) is 44.8 Å². The van der Waals surface area contributed by atoms with Gasteiger partial charge in [0.1, 0.15) is 11.4 Å². The zero-order valence-electron chi connectivity index (χ0n) is 27.1. The average Bonchev–Trinajstić information content (AvgIpc) is 3.74. The van der Waals surface area contributed by atoms with E-state index in [0.717, 1.165) is 0 Å². The van der Waals surface area contributed by atoms with E-state index in [4.69, 9.17) is 9.47 Å². The van der Waals surface area contributed by atoms with Crippen LogP contribution in [0.5, 0.6) is 0 Å². The smallest absolute Gasteiger partial charge is 0.300 e. The van der Waals surface area contributed by atoms with Gasteiger partial charge in [0.2, 0.25) is 11.4 Å². The molecule has 16 heteroatoms. The summed E-state index contributed by atoms with van der Waals surface area (Å²) in [7, 11) is 0. The fourth-order valence-electron chi connectivity index (χ4n) is 5.43. The van der Waals surface area contributed by atoms with Gasteiger partial charge in [-0.15, -0.1) is 0 Å². The molecule has 0 aliphatic heterocycles. The zero-order valence-corrected chi connectivity index (χ0v) is 27.1. The lowest BCUT2D eigenvalue weighted by Gasteiger charge is -2.31. The van der Waals surface area contributed by atoms with E-state index in [1.165, 1.54) is 24.3 Å². The molecule has 3 N–H and O–H groups in total. The Labute approximate surface area is 280 Å². The molecule has 0 unspecified atom stereocenters. The standard InChI is InChI=1S/C33H37FN8O7/c1-3-33(4-2,37-31(43)28-24-10-5-6-11-26(24)41(38-28)21-22-8-7-9-23(34)20-22)32(44)36-15-17-48-19-18-47-16-14-35-25-12-13-27(42(45)46)30-29(25)39-49-40-30/h5-13,20,35H,3-4,14-19,21H2,1-2H3,(H,36,44)(H,37,43). The minimum Gasteiger partial charge on any atom is -0.381 e. The second-order valence-electron chi connectivity index (χ2n) is 11.2. The van der Waals surface area contributed by atoms with Crippen LogP contribution in [0.15, 0.2) is 65.3 Å². The number of carbonyl (C=O) groups excluding carboxylic acids is 2. The molecule has 2 aromatic heterocycles. The summed E-state index contributed by atoms with van der Waals surface area (Å²) in [6.45, 7) is 5.73. The van der Waals surface area contributed by atoms with Gasteiger partial charge >= 0.3 is 5.69 Å². The van der Waals surface area contributed by atoms with Crippen LogP contribution in [0.3, 0.4) is 0 Å². The number of nitro groups is 1. The molecule has 0 spiro atoms. The Kier molecular flexibility index (Phi) is 11.4. The second kappa shape index (κ2) is 16.1. The van der Waals surface area contributed by atoms with E-state index in [-0.39, 0.29) is 53.8 Å². The highest BCUT2D eigenvalue weighted by atomic mass is 19.1. The lowest BCUT2D eigenvalue weighted by Crippen LogP contribution is -2.58. The number of nitro benzene ring substituents is 1. The Balaban J connectivity index is 1.06. The molecule has 0 radical (unpaired) electrons. The number of benzene rings is 3. The summed E-state index contributed by atoms with van der Waals surface area (Å²) in [6, 6.07) is 16.4. The minimum atomic E-state index is -1.17. The summed E-state index contributed by atoms with van der Waals surface area (Å²) >= 11 is 0. The van der Waals surface area contributed by atoms with Gasteiger partial charge in [-0.25, -0.2) is 9.02 Å². The Morgan fingerprint density at radius 2 is 1.69 bits per heavy atom. The van der Waals surface area contributed by atoms with E-state index < -0.39 is 16.4 Å². The number of hydrogen-bond acceptors (Lipinski definition) is 11. The van der Waals surface area contributed by atoms with Crippen molar-refractivity contribution in [3.63, 3.8) is 0 Å². The molecule has 5 aromatic rings. The number of fused-ring (bicyclic) bond motifs is 2. The first-order valence-electron chi connectivity index (χ1n) is 15.9. The van der Waals surface area contributed by atoms with Gasteiger partial charge in [0.25, 0.3) is 5.91 Å². The predicted molar refractivity (Wildman–Crippen MR) is 178 cm³/mol. The van der Waals surface area contributed by atoms with Crippen LogP contribution in [0.1, 0.15) is 42.7 Å². The van der Waals surface area contributed by atoms with Gasteiger partial charge in [-0.3, -0.25) is 24.4 Å². The highest BCUT2D eigenvalue weighted by molar-refractivity contribution is 6.07. The number of non-ortho nitro benzene ring substituents is 1. The summed E-state index contributed by atoms with van der Waals surface area (Å²) in [4.78, 5) is 37.5. The summed E-state index contributed by atoms with van der Waals surface area (Å²) in [5.74, 6) is -1.17. The normalized spacial score (nSPS) is 11.6. The Hall–Kier alpha value is -5.48. The largest absolute Gasteiger partial charge is 0.381 e. The molecule has 2 heterocycles. The number of aromatic nitrogens is 4. The maximum absolute atomic E-state index is 13.8. The number of amides is 2. The third kappa shape index (κ3) is 8.16. The number of ether oxygens (including phenoxy) is 2. The number of para-hydroxylation sites is 1. The third-order valence-electron chi connectivity index (χ3n) is 8.15. The predicted octanol–water partition coefficient (Wildman–Crippen LogP) is 4.22.